The van der Waals surface area contributed by atoms with Gasteiger partial charge in [0.15, 0.2) is 0 Å². The van der Waals surface area contributed by atoms with Gasteiger partial charge in [-0.15, -0.1) is 11.3 Å². The van der Waals surface area contributed by atoms with Gasteiger partial charge in [0.05, 0.1) is 13.7 Å². The molecule has 1 aromatic rings. The number of methoxy groups -OCH3 is 2. The van der Waals surface area contributed by atoms with Crippen LogP contribution in [-0.2, 0) is 19.5 Å². The zero-order valence-corrected chi connectivity index (χ0v) is 13.0. The smallest absolute Gasteiger partial charge is 0.349 e. The number of ether oxygens (including phenoxy) is 2. The van der Waals surface area contributed by atoms with Crippen molar-refractivity contribution in [2.75, 3.05) is 40.5 Å². The van der Waals surface area contributed by atoms with Crippen LogP contribution in [0, 0.1) is 0 Å². The molecule has 2 N–H and O–H groups in total. The lowest BCUT2D eigenvalue weighted by molar-refractivity contribution is 0.0602. The molecule has 0 fully saturated rings. The molecule has 1 rings (SSSR count). The number of hydrogen-bond acceptors (Lipinski definition) is 7. The van der Waals surface area contributed by atoms with E-state index in [2.05, 4.69) is 14.8 Å². The van der Waals surface area contributed by atoms with Gasteiger partial charge in [-0.25, -0.2) is 17.9 Å². The van der Waals surface area contributed by atoms with Crippen LogP contribution in [0.2, 0.25) is 0 Å². The van der Waals surface area contributed by atoms with Crippen molar-refractivity contribution in [1.82, 2.24) is 10.0 Å². The third-order valence-electron chi connectivity index (χ3n) is 2.37. The first-order chi connectivity index (χ1) is 9.53. The van der Waals surface area contributed by atoms with E-state index in [9.17, 15) is 13.2 Å². The summed E-state index contributed by atoms with van der Waals surface area (Å²) in [6.45, 7) is 1.90. The predicted molar refractivity (Wildman–Crippen MR) is 75.6 cm³/mol. The molecular formula is C11H18N2O5S2. The summed E-state index contributed by atoms with van der Waals surface area (Å²) < 4.78 is 35.9. The lowest BCUT2D eigenvalue weighted by Crippen LogP contribution is -2.33. The normalized spacial score (nSPS) is 11.5. The van der Waals surface area contributed by atoms with Crippen molar-refractivity contribution < 1.29 is 22.7 Å². The van der Waals surface area contributed by atoms with E-state index in [4.69, 9.17) is 4.74 Å². The van der Waals surface area contributed by atoms with E-state index in [0.717, 1.165) is 11.3 Å². The van der Waals surface area contributed by atoms with Crippen LogP contribution in [0.5, 0.6) is 0 Å². The molecule has 1 aromatic heterocycles. The average molecular weight is 322 g/mol. The Labute approximate surface area is 122 Å². The minimum Gasteiger partial charge on any atom is -0.465 e. The Kier molecular flexibility index (Phi) is 7.10. The molecule has 0 aliphatic carbocycles. The molecular weight excluding hydrogens is 304 g/mol. The Morgan fingerprint density at radius 2 is 2.05 bits per heavy atom. The number of hydrogen-bond donors (Lipinski definition) is 2. The van der Waals surface area contributed by atoms with Crippen molar-refractivity contribution in [3.63, 3.8) is 0 Å². The van der Waals surface area contributed by atoms with Gasteiger partial charge in [-0.1, -0.05) is 0 Å². The maximum absolute atomic E-state index is 12.1. The zero-order chi connectivity index (χ0) is 15.0. The minimum absolute atomic E-state index is 0.0498. The number of rotatable bonds is 9. The fourth-order valence-corrected chi connectivity index (χ4v) is 3.77. The van der Waals surface area contributed by atoms with Crippen molar-refractivity contribution in [2.45, 2.75) is 4.90 Å². The maximum atomic E-state index is 12.1. The van der Waals surface area contributed by atoms with E-state index in [0.29, 0.717) is 19.7 Å². The van der Waals surface area contributed by atoms with Gasteiger partial charge in [0.1, 0.15) is 9.77 Å². The Bertz CT molecular complexity index is 527. The average Bonchev–Trinajstić information content (AvgIpc) is 2.92. The molecule has 0 saturated carbocycles. The summed E-state index contributed by atoms with van der Waals surface area (Å²) in [5, 5.41) is 4.55. The van der Waals surface area contributed by atoms with Gasteiger partial charge in [0, 0.05) is 26.7 Å². The molecule has 0 aromatic carbocycles. The van der Waals surface area contributed by atoms with E-state index >= 15 is 0 Å². The quantitative estimate of drug-likeness (QED) is 0.493. The summed E-state index contributed by atoms with van der Waals surface area (Å²) >= 11 is 1.03. The largest absolute Gasteiger partial charge is 0.465 e. The minimum atomic E-state index is -3.71. The molecule has 0 spiro atoms. The van der Waals surface area contributed by atoms with Crippen LogP contribution in [0.3, 0.4) is 0 Å². The number of carbonyl (C=O) groups is 1. The second kappa shape index (κ2) is 8.32. The summed E-state index contributed by atoms with van der Waals surface area (Å²) in [7, 11) is -0.901. The number of esters is 1. The summed E-state index contributed by atoms with van der Waals surface area (Å²) in [6.07, 6.45) is 0. The van der Waals surface area contributed by atoms with Crippen LogP contribution in [0.4, 0.5) is 0 Å². The summed E-state index contributed by atoms with van der Waals surface area (Å²) in [6, 6.07) is 1.39. The van der Waals surface area contributed by atoms with Gasteiger partial charge in [0.25, 0.3) is 0 Å². The fourth-order valence-electron chi connectivity index (χ4n) is 1.40. The van der Waals surface area contributed by atoms with Crippen molar-refractivity contribution in [3.8, 4) is 0 Å². The van der Waals surface area contributed by atoms with E-state index in [1.54, 1.807) is 7.11 Å². The fraction of sp³-hybridized carbons (Fsp3) is 0.545. The van der Waals surface area contributed by atoms with E-state index in [1.165, 1.54) is 18.6 Å². The number of carbonyl (C=O) groups excluding carboxylic acids is 1. The highest BCUT2D eigenvalue weighted by molar-refractivity contribution is 7.89. The molecule has 0 aliphatic heterocycles. The van der Waals surface area contributed by atoms with E-state index in [1.807, 2.05) is 0 Å². The van der Waals surface area contributed by atoms with Gasteiger partial charge in [-0.3, -0.25) is 0 Å². The molecule has 9 heteroatoms. The predicted octanol–water partition coefficient (Wildman–Crippen LogP) is 0.0490. The highest BCUT2D eigenvalue weighted by Gasteiger charge is 2.23. The van der Waals surface area contributed by atoms with Crippen LogP contribution in [0.1, 0.15) is 9.67 Å². The Morgan fingerprint density at radius 3 is 2.70 bits per heavy atom. The summed E-state index contributed by atoms with van der Waals surface area (Å²) in [5.41, 5.74) is 0. The van der Waals surface area contributed by atoms with Gasteiger partial charge < -0.3 is 14.8 Å². The lowest BCUT2D eigenvalue weighted by atomic mass is 10.5. The number of thiophene rings is 1. The first-order valence-electron chi connectivity index (χ1n) is 5.88. The maximum Gasteiger partial charge on any atom is 0.349 e. The lowest BCUT2D eigenvalue weighted by Gasteiger charge is -2.07. The first kappa shape index (κ1) is 17.1. The third kappa shape index (κ3) is 4.84. The second-order valence-electron chi connectivity index (χ2n) is 3.75. The molecule has 0 amide bonds. The molecule has 7 nitrogen and oxygen atoms in total. The van der Waals surface area contributed by atoms with Crippen molar-refractivity contribution in [3.05, 3.63) is 16.3 Å². The first-order valence-corrected chi connectivity index (χ1v) is 8.24. The van der Waals surface area contributed by atoms with Gasteiger partial charge >= 0.3 is 5.97 Å². The second-order valence-corrected chi connectivity index (χ2v) is 6.40. The molecule has 0 saturated heterocycles. The highest BCUT2D eigenvalue weighted by Crippen LogP contribution is 2.22. The topological polar surface area (TPSA) is 93.7 Å². The van der Waals surface area contributed by atoms with E-state index < -0.39 is 16.0 Å². The van der Waals surface area contributed by atoms with Gasteiger partial charge in [-0.05, 0) is 11.4 Å². The standard InChI is InChI=1S/C11H18N2O5S2/c1-17-7-6-12-4-5-13-20(15,16)9-3-8-19-10(9)11(14)18-2/h3,8,12-13H,4-7H2,1-2H3. The SMILES string of the molecule is COCCNCCNS(=O)(=O)c1ccsc1C(=O)OC. The highest BCUT2D eigenvalue weighted by atomic mass is 32.2. The molecule has 0 unspecified atom stereocenters. The number of sulfonamides is 1. The Morgan fingerprint density at radius 1 is 1.30 bits per heavy atom. The van der Waals surface area contributed by atoms with Crippen molar-refractivity contribution in [2.24, 2.45) is 0 Å². The molecule has 1 heterocycles. The summed E-state index contributed by atoms with van der Waals surface area (Å²) in [4.78, 5) is 11.5. The number of nitrogens with one attached hydrogen (secondary N) is 2. The van der Waals surface area contributed by atoms with Crippen LogP contribution >= 0.6 is 11.3 Å². The summed E-state index contributed by atoms with van der Waals surface area (Å²) in [5.74, 6) is -0.654. The Balaban J connectivity index is 2.57. The molecule has 0 radical (unpaired) electrons. The van der Waals surface area contributed by atoms with Crippen LogP contribution in [-0.4, -0.2) is 54.8 Å². The van der Waals surface area contributed by atoms with Crippen LogP contribution < -0.4 is 10.0 Å². The van der Waals surface area contributed by atoms with Crippen molar-refractivity contribution in [1.29, 1.82) is 0 Å². The molecule has 20 heavy (non-hydrogen) atoms. The van der Waals surface area contributed by atoms with E-state index in [-0.39, 0.29) is 16.3 Å². The third-order valence-corrected chi connectivity index (χ3v) is 4.89. The van der Waals surface area contributed by atoms with Gasteiger partial charge in [0.2, 0.25) is 10.0 Å². The molecule has 114 valence electrons. The van der Waals surface area contributed by atoms with Crippen molar-refractivity contribution >= 4 is 27.3 Å². The van der Waals surface area contributed by atoms with Crippen LogP contribution in [0.15, 0.2) is 16.3 Å². The van der Waals surface area contributed by atoms with Crippen LogP contribution in [0.25, 0.3) is 0 Å². The molecule has 0 atom stereocenters. The monoisotopic (exact) mass is 322 g/mol. The zero-order valence-electron chi connectivity index (χ0n) is 11.3. The Hall–Kier alpha value is -1.00. The van der Waals surface area contributed by atoms with Gasteiger partial charge in [-0.2, -0.15) is 0 Å². The molecule has 0 bridgehead atoms. The molecule has 0 aliphatic rings.